The highest BCUT2D eigenvalue weighted by Gasteiger charge is 2.45. The Labute approximate surface area is 120 Å². The van der Waals surface area contributed by atoms with Gasteiger partial charge in [0.15, 0.2) is 9.84 Å². The molecule has 0 spiro atoms. The second-order valence-electron chi connectivity index (χ2n) is 5.75. The lowest BCUT2D eigenvalue weighted by molar-refractivity contribution is -0.140. The number of nitrogens with one attached hydrogen (secondary N) is 1. The van der Waals surface area contributed by atoms with Gasteiger partial charge in [-0.2, -0.15) is 0 Å². The minimum atomic E-state index is -3.04. The average Bonchev–Trinajstić information content (AvgIpc) is 3.02. The predicted octanol–water partition coefficient (Wildman–Crippen LogP) is -0.473. The Hall–Kier alpha value is -0.660. The topological polar surface area (TPSA) is 86.7 Å². The molecule has 0 radical (unpaired) electrons. The molecule has 2 N–H and O–H groups in total. The second kappa shape index (κ2) is 5.99. The third-order valence-corrected chi connectivity index (χ3v) is 6.26. The molecule has 0 aromatic rings. The van der Waals surface area contributed by atoms with E-state index in [4.69, 9.17) is 0 Å². The van der Waals surface area contributed by atoms with Crippen LogP contribution in [0, 0.1) is 0 Å². The van der Waals surface area contributed by atoms with Crippen LogP contribution in [0.5, 0.6) is 0 Å². The standard InChI is InChI=1S/C13H24N2O4S/c1-2-13(5-3-6-14-13)12(17)15(7-8-16)11-4-9-20(18,19)10-11/h11,14,16H,2-10H2,1H3. The molecule has 0 aromatic heterocycles. The zero-order valence-electron chi connectivity index (χ0n) is 12.0. The van der Waals surface area contributed by atoms with Gasteiger partial charge in [-0.1, -0.05) is 6.92 Å². The Morgan fingerprint density at radius 2 is 2.25 bits per heavy atom. The fourth-order valence-corrected chi connectivity index (χ4v) is 5.03. The maximum absolute atomic E-state index is 12.8. The highest BCUT2D eigenvalue weighted by Crippen LogP contribution is 2.28. The van der Waals surface area contributed by atoms with Crippen molar-refractivity contribution >= 4 is 15.7 Å². The van der Waals surface area contributed by atoms with E-state index in [1.54, 1.807) is 4.90 Å². The first-order chi connectivity index (χ1) is 9.44. The number of carbonyl (C=O) groups excluding carboxylic acids is 1. The molecule has 20 heavy (non-hydrogen) atoms. The summed E-state index contributed by atoms with van der Waals surface area (Å²) in [5, 5.41) is 12.5. The van der Waals surface area contributed by atoms with E-state index < -0.39 is 15.4 Å². The molecule has 2 saturated heterocycles. The normalized spacial score (nSPS) is 32.4. The summed E-state index contributed by atoms with van der Waals surface area (Å²) in [4.78, 5) is 14.4. The Bertz CT molecular complexity index is 457. The summed E-state index contributed by atoms with van der Waals surface area (Å²) in [6.07, 6.45) is 2.90. The Morgan fingerprint density at radius 3 is 2.70 bits per heavy atom. The molecule has 0 saturated carbocycles. The van der Waals surface area contributed by atoms with Crippen LogP contribution >= 0.6 is 0 Å². The SMILES string of the molecule is CCC1(C(=O)N(CCO)C2CCS(=O)(=O)C2)CCCN1. The van der Waals surface area contributed by atoms with Gasteiger partial charge < -0.3 is 15.3 Å². The molecule has 2 unspecified atom stereocenters. The van der Waals surface area contributed by atoms with Crippen LogP contribution < -0.4 is 5.32 Å². The summed E-state index contributed by atoms with van der Waals surface area (Å²) in [7, 11) is -3.04. The van der Waals surface area contributed by atoms with Crippen molar-refractivity contribution in [3.8, 4) is 0 Å². The van der Waals surface area contributed by atoms with Gasteiger partial charge in [-0.25, -0.2) is 8.42 Å². The number of aliphatic hydroxyl groups excluding tert-OH is 1. The third-order valence-electron chi connectivity index (χ3n) is 4.51. The number of hydrogen-bond donors (Lipinski definition) is 2. The molecular formula is C13H24N2O4S. The van der Waals surface area contributed by atoms with E-state index in [2.05, 4.69) is 5.32 Å². The molecule has 0 bridgehead atoms. The first kappa shape index (κ1) is 15.7. The van der Waals surface area contributed by atoms with Crippen LogP contribution in [-0.4, -0.2) is 67.1 Å². The minimum Gasteiger partial charge on any atom is -0.395 e. The maximum Gasteiger partial charge on any atom is 0.243 e. The maximum atomic E-state index is 12.8. The molecule has 6 nitrogen and oxygen atoms in total. The largest absolute Gasteiger partial charge is 0.395 e. The highest BCUT2D eigenvalue weighted by atomic mass is 32.2. The van der Waals surface area contributed by atoms with Crippen molar-refractivity contribution in [3.05, 3.63) is 0 Å². The van der Waals surface area contributed by atoms with Gasteiger partial charge in [-0.3, -0.25) is 4.79 Å². The van der Waals surface area contributed by atoms with E-state index in [0.29, 0.717) is 12.8 Å². The minimum absolute atomic E-state index is 0.0263. The molecule has 7 heteroatoms. The summed E-state index contributed by atoms with van der Waals surface area (Å²) in [6, 6.07) is -0.287. The first-order valence-electron chi connectivity index (χ1n) is 7.31. The lowest BCUT2D eigenvalue weighted by atomic mass is 9.91. The Kier molecular flexibility index (Phi) is 4.71. The van der Waals surface area contributed by atoms with Gasteiger partial charge in [-0.05, 0) is 32.2 Å². The van der Waals surface area contributed by atoms with Gasteiger partial charge >= 0.3 is 0 Å². The Balaban J connectivity index is 2.18. The number of carbonyl (C=O) groups is 1. The van der Waals surface area contributed by atoms with E-state index in [0.717, 1.165) is 19.4 Å². The van der Waals surface area contributed by atoms with Crippen molar-refractivity contribution in [1.29, 1.82) is 0 Å². The molecule has 2 heterocycles. The molecule has 2 fully saturated rings. The Morgan fingerprint density at radius 1 is 1.50 bits per heavy atom. The number of sulfone groups is 1. The summed E-state index contributed by atoms with van der Waals surface area (Å²) in [6.45, 7) is 2.86. The molecule has 0 aliphatic carbocycles. The quantitative estimate of drug-likeness (QED) is 0.717. The van der Waals surface area contributed by atoms with E-state index in [-0.39, 0.29) is 36.6 Å². The molecule has 1 amide bonds. The van der Waals surface area contributed by atoms with Crippen LogP contribution in [0.1, 0.15) is 32.6 Å². The highest BCUT2D eigenvalue weighted by molar-refractivity contribution is 7.91. The summed E-state index contributed by atoms with van der Waals surface area (Å²) in [5.41, 5.74) is -0.568. The number of nitrogens with zero attached hydrogens (tertiary/aromatic N) is 1. The first-order valence-corrected chi connectivity index (χ1v) is 9.13. The zero-order chi connectivity index (χ0) is 14.8. The predicted molar refractivity (Wildman–Crippen MR) is 76.1 cm³/mol. The number of aliphatic hydroxyl groups is 1. The van der Waals surface area contributed by atoms with Gasteiger partial charge in [0.1, 0.15) is 0 Å². The molecule has 2 atom stereocenters. The van der Waals surface area contributed by atoms with Crippen LogP contribution in [0.3, 0.4) is 0 Å². The van der Waals surface area contributed by atoms with E-state index >= 15 is 0 Å². The number of amides is 1. The van der Waals surface area contributed by atoms with Gasteiger partial charge in [0.2, 0.25) is 5.91 Å². The molecule has 2 rings (SSSR count). The lowest BCUT2D eigenvalue weighted by Crippen LogP contribution is -2.58. The van der Waals surface area contributed by atoms with Crippen molar-refractivity contribution in [1.82, 2.24) is 10.2 Å². The van der Waals surface area contributed by atoms with Crippen LogP contribution in [0.25, 0.3) is 0 Å². The van der Waals surface area contributed by atoms with E-state index in [1.165, 1.54) is 0 Å². The summed E-state index contributed by atoms with van der Waals surface area (Å²) in [5.74, 6) is 0.117. The summed E-state index contributed by atoms with van der Waals surface area (Å²) < 4.78 is 23.3. The van der Waals surface area contributed by atoms with Crippen molar-refractivity contribution < 1.29 is 18.3 Å². The van der Waals surface area contributed by atoms with Crippen LogP contribution in [0.4, 0.5) is 0 Å². The van der Waals surface area contributed by atoms with Crippen molar-refractivity contribution in [2.75, 3.05) is 31.2 Å². The molecule has 2 aliphatic heterocycles. The second-order valence-corrected chi connectivity index (χ2v) is 7.97. The van der Waals surface area contributed by atoms with Gasteiger partial charge in [-0.15, -0.1) is 0 Å². The van der Waals surface area contributed by atoms with Crippen LogP contribution in [0.2, 0.25) is 0 Å². The van der Waals surface area contributed by atoms with Gasteiger partial charge in [0, 0.05) is 12.6 Å². The van der Waals surface area contributed by atoms with Gasteiger partial charge in [0.25, 0.3) is 0 Å². The zero-order valence-corrected chi connectivity index (χ0v) is 12.8. The number of hydrogen-bond acceptors (Lipinski definition) is 5. The molecular weight excluding hydrogens is 280 g/mol. The van der Waals surface area contributed by atoms with Crippen LogP contribution in [0.15, 0.2) is 0 Å². The number of rotatable bonds is 5. The van der Waals surface area contributed by atoms with Gasteiger partial charge in [0.05, 0.1) is 23.7 Å². The third kappa shape index (κ3) is 2.99. The fraction of sp³-hybridized carbons (Fsp3) is 0.923. The van der Waals surface area contributed by atoms with E-state index in [9.17, 15) is 18.3 Å². The lowest BCUT2D eigenvalue weighted by Gasteiger charge is -2.36. The molecule has 2 aliphatic rings. The smallest absolute Gasteiger partial charge is 0.243 e. The van der Waals surface area contributed by atoms with Crippen molar-refractivity contribution in [2.45, 2.75) is 44.2 Å². The summed E-state index contributed by atoms with van der Waals surface area (Å²) >= 11 is 0. The monoisotopic (exact) mass is 304 g/mol. The average molecular weight is 304 g/mol. The fourth-order valence-electron chi connectivity index (χ4n) is 3.30. The molecule has 0 aromatic carbocycles. The van der Waals surface area contributed by atoms with Crippen molar-refractivity contribution in [3.63, 3.8) is 0 Å². The molecule has 116 valence electrons. The van der Waals surface area contributed by atoms with Crippen LogP contribution in [-0.2, 0) is 14.6 Å². The van der Waals surface area contributed by atoms with E-state index in [1.807, 2.05) is 6.92 Å². The van der Waals surface area contributed by atoms with Crippen molar-refractivity contribution in [2.24, 2.45) is 0 Å².